The smallest absolute Gasteiger partial charge is 0.0370 e. The van der Waals surface area contributed by atoms with Gasteiger partial charge in [-0.1, -0.05) is 13.8 Å². The minimum absolute atomic E-state index is 0.444. The van der Waals surface area contributed by atoms with Gasteiger partial charge in [0.25, 0.3) is 0 Å². The fraction of sp³-hybridized carbons (Fsp3) is 1.00. The Bertz CT molecular complexity index is 144. The van der Waals surface area contributed by atoms with Crippen LogP contribution in [0.2, 0.25) is 0 Å². The maximum atomic E-state index is 3.67. The molecule has 0 bridgehead atoms. The van der Waals surface area contributed by atoms with Crippen LogP contribution in [0.25, 0.3) is 0 Å². The van der Waals surface area contributed by atoms with Crippen molar-refractivity contribution in [2.24, 2.45) is 5.92 Å². The van der Waals surface area contributed by atoms with Crippen LogP contribution in [-0.4, -0.2) is 24.7 Å². The van der Waals surface area contributed by atoms with Crippen LogP contribution in [0.4, 0.5) is 0 Å². The Kier molecular flexibility index (Phi) is 1.69. The first-order valence-electron chi connectivity index (χ1n) is 4.74. The van der Waals surface area contributed by atoms with Crippen LogP contribution in [0.3, 0.4) is 0 Å². The van der Waals surface area contributed by atoms with Gasteiger partial charge in [-0.2, -0.15) is 0 Å². The minimum atomic E-state index is 0.444. The van der Waals surface area contributed by atoms with E-state index in [2.05, 4.69) is 24.5 Å². The summed E-state index contributed by atoms with van der Waals surface area (Å²) in [5, 5.41) is 7.25. The first-order chi connectivity index (χ1) is 5.26. The van der Waals surface area contributed by atoms with Crippen molar-refractivity contribution in [1.29, 1.82) is 0 Å². The summed E-state index contributed by atoms with van der Waals surface area (Å²) in [7, 11) is 0. The van der Waals surface area contributed by atoms with E-state index >= 15 is 0 Å². The maximum absolute atomic E-state index is 3.67. The molecule has 2 unspecified atom stereocenters. The van der Waals surface area contributed by atoms with Crippen LogP contribution >= 0.6 is 0 Å². The average molecular weight is 154 g/mol. The molecule has 2 N–H and O–H groups in total. The molecule has 2 heterocycles. The predicted octanol–water partition coefficient (Wildman–Crippen LogP) is 0.736. The Balaban J connectivity index is 2.20. The van der Waals surface area contributed by atoms with Crippen molar-refractivity contribution in [1.82, 2.24) is 10.6 Å². The molecule has 2 fully saturated rings. The highest BCUT2D eigenvalue weighted by Crippen LogP contribution is 2.34. The minimum Gasteiger partial charge on any atom is -0.312 e. The largest absolute Gasteiger partial charge is 0.312 e. The number of hydrogen-bond acceptors (Lipinski definition) is 2. The molecule has 0 aliphatic carbocycles. The molecule has 0 saturated carbocycles. The predicted molar refractivity (Wildman–Crippen MR) is 46.6 cm³/mol. The number of nitrogens with one attached hydrogen (secondary N) is 2. The second-order valence-corrected chi connectivity index (χ2v) is 4.17. The average Bonchev–Trinajstić information content (AvgIpc) is 2.40. The first kappa shape index (κ1) is 7.56. The van der Waals surface area contributed by atoms with Crippen molar-refractivity contribution in [2.75, 3.05) is 13.1 Å². The van der Waals surface area contributed by atoms with Gasteiger partial charge in [0.1, 0.15) is 0 Å². The fourth-order valence-corrected chi connectivity index (χ4v) is 2.73. The molecule has 0 aromatic carbocycles. The van der Waals surface area contributed by atoms with E-state index in [-0.39, 0.29) is 0 Å². The molecule has 11 heavy (non-hydrogen) atoms. The number of rotatable bonds is 1. The van der Waals surface area contributed by atoms with E-state index in [0.717, 1.165) is 12.0 Å². The second kappa shape index (κ2) is 2.46. The van der Waals surface area contributed by atoms with Crippen molar-refractivity contribution < 1.29 is 0 Å². The molecule has 64 valence electrons. The third-order valence-corrected chi connectivity index (χ3v) is 3.47. The van der Waals surface area contributed by atoms with E-state index < -0.39 is 0 Å². The summed E-state index contributed by atoms with van der Waals surface area (Å²) in [5.41, 5.74) is 0.444. The van der Waals surface area contributed by atoms with Crippen LogP contribution in [0.5, 0.6) is 0 Å². The van der Waals surface area contributed by atoms with E-state index in [1.165, 1.54) is 25.9 Å². The summed E-state index contributed by atoms with van der Waals surface area (Å²) in [6, 6.07) is 0.752. The lowest BCUT2D eigenvalue weighted by Crippen LogP contribution is -2.50. The van der Waals surface area contributed by atoms with Crippen molar-refractivity contribution in [2.45, 2.75) is 38.3 Å². The Morgan fingerprint density at radius 2 is 2.18 bits per heavy atom. The highest BCUT2D eigenvalue weighted by Gasteiger charge is 2.47. The van der Waals surface area contributed by atoms with Crippen LogP contribution in [0, 0.1) is 5.92 Å². The molecule has 0 radical (unpaired) electrons. The SMILES string of the molecule is CC(C)C12CCNC1CCN2. The van der Waals surface area contributed by atoms with Gasteiger partial charge < -0.3 is 10.6 Å². The van der Waals surface area contributed by atoms with Crippen LogP contribution in [-0.2, 0) is 0 Å². The van der Waals surface area contributed by atoms with Gasteiger partial charge in [0.15, 0.2) is 0 Å². The summed E-state index contributed by atoms with van der Waals surface area (Å²) in [6.45, 7) is 7.07. The normalized spacial score (nSPS) is 43.4. The van der Waals surface area contributed by atoms with E-state index in [4.69, 9.17) is 0 Å². The highest BCUT2D eigenvalue weighted by molar-refractivity contribution is 5.09. The van der Waals surface area contributed by atoms with Crippen molar-refractivity contribution in [3.8, 4) is 0 Å². The maximum Gasteiger partial charge on any atom is 0.0370 e. The Hall–Kier alpha value is -0.0800. The topological polar surface area (TPSA) is 24.1 Å². The van der Waals surface area contributed by atoms with Crippen LogP contribution in [0.1, 0.15) is 26.7 Å². The summed E-state index contributed by atoms with van der Waals surface area (Å²) < 4.78 is 0. The Morgan fingerprint density at radius 1 is 1.36 bits per heavy atom. The lowest BCUT2D eigenvalue weighted by Gasteiger charge is -2.33. The Labute approximate surface area is 68.7 Å². The summed E-state index contributed by atoms with van der Waals surface area (Å²) >= 11 is 0. The lowest BCUT2D eigenvalue weighted by molar-refractivity contribution is 0.264. The molecule has 0 spiro atoms. The Morgan fingerprint density at radius 3 is 2.82 bits per heavy atom. The van der Waals surface area contributed by atoms with Gasteiger partial charge in [-0.3, -0.25) is 0 Å². The molecule has 2 aliphatic rings. The van der Waals surface area contributed by atoms with Crippen molar-refractivity contribution >= 4 is 0 Å². The molecule has 0 amide bonds. The molecular weight excluding hydrogens is 136 g/mol. The van der Waals surface area contributed by atoms with Crippen LogP contribution in [0.15, 0.2) is 0 Å². The zero-order chi connectivity index (χ0) is 7.90. The summed E-state index contributed by atoms with van der Waals surface area (Å²) in [5.74, 6) is 0.769. The van der Waals surface area contributed by atoms with Gasteiger partial charge >= 0.3 is 0 Å². The standard InChI is InChI=1S/C9H18N2/c1-7(2)9-4-6-10-8(9)3-5-11-9/h7-8,10-11H,3-6H2,1-2H3. The third kappa shape index (κ3) is 0.926. The summed E-state index contributed by atoms with van der Waals surface area (Å²) in [6.07, 6.45) is 2.63. The first-order valence-corrected chi connectivity index (χ1v) is 4.74. The molecular formula is C9H18N2. The van der Waals surface area contributed by atoms with E-state index in [9.17, 15) is 0 Å². The van der Waals surface area contributed by atoms with Gasteiger partial charge in [-0.25, -0.2) is 0 Å². The number of hydrogen-bond donors (Lipinski definition) is 2. The quantitative estimate of drug-likeness (QED) is 0.582. The third-order valence-electron chi connectivity index (χ3n) is 3.47. The van der Waals surface area contributed by atoms with Gasteiger partial charge in [0, 0.05) is 11.6 Å². The number of fused-ring (bicyclic) bond motifs is 1. The second-order valence-electron chi connectivity index (χ2n) is 4.17. The van der Waals surface area contributed by atoms with Crippen molar-refractivity contribution in [3.63, 3.8) is 0 Å². The van der Waals surface area contributed by atoms with Gasteiger partial charge in [0.05, 0.1) is 0 Å². The van der Waals surface area contributed by atoms with Gasteiger partial charge in [0.2, 0.25) is 0 Å². The zero-order valence-corrected chi connectivity index (χ0v) is 7.48. The lowest BCUT2D eigenvalue weighted by atomic mass is 9.81. The van der Waals surface area contributed by atoms with Crippen LogP contribution < -0.4 is 10.6 Å². The van der Waals surface area contributed by atoms with Gasteiger partial charge in [-0.15, -0.1) is 0 Å². The zero-order valence-electron chi connectivity index (χ0n) is 7.48. The molecule has 2 rings (SSSR count). The van der Waals surface area contributed by atoms with Gasteiger partial charge in [-0.05, 0) is 31.8 Å². The fourth-order valence-electron chi connectivity index (χ4n) is 2.73. The molecule has 2 atom stereocenters. The van der Waals surface area contributed by atoms with E-state index in [0.29, 0.717) is 5.54 Å². The molecule has 2 heteroatoms. The highest BCUT2D eigenvalue weighted by atomic mass is 15.2. The van der Waals surface area contributed by atoms with E-state index in [1.807, 2.05) is 0 Å². The molecule has 2 saturated heterocycles. The summed E-state index contributed by atoms with van der Waals surface area (Å²) in [4.78, 5) is 0. The molecule has 0 aromatic rings. The molecule has 2 nitrogen and oxygen atoms in total. The molecule has 2 aliphatic heterocycles. The van der Waals surface area contributed by atoms with Crippen molar-refractivity contribution in [3.05, 3.63) is 0 Å². The molecule has 0 aromatic heterocycles. The van der Waals surface area contributed by atoms with E-state index in [1.54, 1.807) is 0 Å². The monoisotopic (exact) mass is 154 g/mol.